The number of nitrogens with zero attached hydrogens (tertiary/aromatic N) is 3. The van der Waals surface area contributed by atoms with Crippen molar-refractivity contribution in [1.29, 1.82) is 0 Å². The number of nitrogens with one attached hydrogen (secondary N) is 1. The molecule has 0 atom stereocenters. The number of aromatic nitrogens is 3. The molecule has 1 aromatic heterocycles. The number of ether oxygens (including phenoxy) is 1. The third-order valence-electron chi connectivity index (χ3n) is 3.80. The van der Waals surface area contributed by atoms with Crippen LogP contribution in [0.2, 0.25) is 10.0 Å². The van der Waals surface area contributed by atoms with Crippen LogP contribution in [0, 0.1) is 0 Å². The largest absolute Gasteiger partial charge is 0.493 e. The molecule has 0 aliphatic heterocycles. The molecule has 0 saturated heterocycles. The number of carbonyl (C=O) groups is 1. The van der Waals surface area contributed by atoms with E-state index in [-0.39, 0.29) is 11.7 Å². The summed E-state index contributed by atoms with van der Waals surface area (Å²) in [7, 11) is 1.86. The SMILES string of the molecule is CCOc1ccccc1-c1nnc(SCC(=O)Nc2ccc(Cl)c(Cl)c2)n1C. The summed E-state index contributed by atoms with van der Waals surface area (Å²) in [5.41, 5.74) is 1.44. The van der Waals surface area contributed by atoms with Crippen molar-refractivity contribution in [1.82, 2.24) is 14.8 Å². The average Bonchev–Trinajstić information content (AvgIpc) is 3.04. The van der Waals surface area contributed by atoms with Gasteiger partial charge in [0.2, 0.25) is 5.91 Å². The molecule has 0 unspecified atom stereocenters. The molecular formula is C19H18Cl2N4O2S. The maximum Gasteiger partial charge on any atom is 0.234 e. The summed E-state index contributed by atoms with van der Waals surface area (Å²) in [6, 6.07) is 12.6. The highest BCUT2D eigenvalue weighted by atomic mass is 35.5. The Morgan fingerprint density at radius 3 is 2.71 bits per heavy atom. The first-order valence-electron chi connectivity index (χ1n) is 8.49. The lowest BCUT2D eigenvalue weighted by atomic mass is 10.2. The Morgan fingerprint density at radius 2 is 1.96 bits per heavy atom. The van der Waals surface area contributed by atoms with E-state index in [9.17, 15) is 4.79 Å². The quantitative estimate of drug-likeness (QED) is 0.532. The summed E-state index contributed by atoms with van der Waals surface area (Å²) < 4.78 is 7.51. The molecule has 0 spiro atoms. The maximum atomic E-state index is 12.2. The molecule has 3 aromatic rings. The van der Waals surface area contributed by atoms with E-state index in [4.69, 9.17) is 27.9 Å². The van der Waals surface area contributed by atoms with Crippen LogP contribution in [0.5, 0.6) is 5.75 Å². The second-order valence-electron chi connectivity index (χ2n) is 5.76. The molecule has 146 valence electrons. The van der Waals surface area contributed by atoms with Crippen molar-refractivity contribution in [2.75, 3.05) is 17.7 Å². The Labute approximate surface area is 177 Å². The Hall–Kier alpha value is -2.22. The topological polar surface area (TPSA) is 69.0 Å². The molecule has 9 heteroatoms. The smallest absolute Gasteiger partial charge is 0.234 e. The van der Waals surface area contributed by atoms with Crippen LogP contribution < -0.4 is 10.1 Å². The average molecular weight is 437 g/mol. The van der Waals surface area contributed by atoms with Gasteiger partial charge in [0.15, 0.2) is 11.0 Å². The van der Waals surface area contributed by atoms with Crippen LogP contribution in [-0.2, 0) is 11.8 Å². The van der Waals surface area contributed by atoms with Gasteiger partial charge >= 0.3 is 0 Å². The fourth-order valence-electron chi connectivity index (χ4n) is 2.51. The van der Waals surface area contributed by atoms with Crippen molar-refractivity contribution in [2.45, 2.75) is 12.1 Å². The van der Waals surface area contributed by atoms with Crippen molar-refractivity contribution in [2.24, 2.45) is 7.05 Å². The Morgan fingerprint density at radius 1 is 1.18 bits per heavy atom. The van der Waals surface area contributed by atoms with Crippen molar-refractivity contribution < 1.29 is 9.53 Å². The first-order valence-corrected chi connectivity index (χ1v) is 10.2. The maximum absolute atomic E-state index is 12.2. The Balaban J connectivity index is 1.68. The normalized spacial score (nSPS) is 10.7. The monoisotopic (exact) mass is 436 g/mol. The van der Waals surface area contributed by atoms with Crippen molar-refractivity contribution >= 4 is 46.6 Å². The molecule has 0 fully saturated rings. The molecule has 6 nitrogen and oxygen atoms in total. The van der Waals surface area contributed by atoms with E-state index < -0.39 is 0 Å². The Kier molecular flexibility index (Phi) is 6.83. The lowest BCUT2D eigenvalue weighted by Crippen LogP contribution is -2.14. The van der Waals surface area contributed by atoms with Gasteiger partial charge in [0.1, 0.15) is 5.75 Å². The van der Waals surface area contributed by atoms with Crippen LogP contribution in [-0.4, -0.2) is 33.0 Å². The number of anilines is 1. The molecule has 0 radical (unpaired) electrons. The predicted molar refractivity (Wildman–Crippen MR) is 113 cm³/mol. The van der Waals surface area contributed by atoms with E-state index in [0.29, 0.717) is 33.3 Å². The third-order valence-corrected chi connectivity index (χ3v) is 5.56. The molecule has 28 heavy (non-hydrogen) atoms. The van der Waals surface area contributed by atoms with Crippen LogP contribution in [0.15, 0.2) is 47.6 Å². The van der Waals surface area contributed by atoms with E-state index in [2.05, 4.69) is 15.5 Å². The third kappa shape index (κ3) is 4.79. The van der Waals surface area contributed by atoms with Gasteiger partial charge in [0.05, 0.1) is 28.0 Å². The molecule has 0 aliphatic carbocycles. The Bertz CT molecular complexity index is 994. The number of thioether (sulfide) groups is 1. The fraction of sp³-hybridized carbons (Fsp3) is 0.211. The van der Waals surface area contributed by atoms with Crippen LogP contribution in [0.4, 0.5) is 5.69 Å². The van der Waals surface area contributed by atoms with Crippen LogP contribution in [0.25, 0.3) is 11.4 Å². The predicted octanol–water partition coefficient (Wildman–Crippen LogP) is 4.92. The van der Waals surface area contributed by atoms with Gasteiger partial charge in [-0.05, 0) is 37.3 Å². The number of carbonyl (C=O) groups excluding carboxylic acids is 1. The summed E-state index contributed by atoms with van der Waals surface area (Å²) in [5.74, 6) is 1.42. The fourth-order valence-corrected chi connectivity index (χ4v) is 3.52. The van der Waals surface area contributed by atoms with Crippen molar-refractivity contribution in [3.63, 3.8) is 0 Å². The van der Waals surface area contributed by atoms with Crippen molar-refractivity contribution in [3.8, 4) is 17.1 Å². The standard InChI is InChI=1S/C19H18Cl2N4O2S/c1-3-27-16-7-5-4-6-13(16)18-23-24-19(25(18)2)28-11-17(26)22-12-8-9-14(20)15(21)10-12/h4-10H,3,11H2,1-2H3,(H,22,26). The zero-order chi connectivity index (χ0) is 20.1. The summed E-state index contributed by atoms with van der Waals surface area (Å²) >= 11 is 13.1. The molecule has 2 aromatic carbocycles. The summed E-state index contributed by atoms with van der Waals surface area (Å²) in [4.78, 5) is 12.2. The van der Waals surface area contributed by atoms with Gasteiger partial charge in [0.25, 0.3) is 0 Å². The zero-order valence-electron chi connectivity index (χ0n) is 15.3. The number of hydrogen-bond donors (Lipinski definition) is 1. The molecule has 0 saturated carbocycles. The minimum absolute atomic E-state index is 0.178. The first kappa shape index (κ1) is 20.5. The minimum Gasteiger partial charge on any atom is -0.493 e. The second kappa shape index (κ2) is 9.32. The molecule has 3 rings (SSSR count). The highest BCUT2D eigenvalue weighted by Gasteiger charge is 2.16. The first-order chi connectivity index (χ1) is 13.5. The number of halogens is 2. The van der Waals surface area contributed by atoms with Gasteiger partial charge < -0.3 is 14.6 Å². The zero-order valence-corrected chi connectivity index (χ0v) is 17.6. The van der Waals surface area contributed by atoms with E-state index >= 15 is 0 Å². The summed E-state index contributed by atoms with van der Waals surface area (Å²) in [6.07, 6.45) is 0. The van der Waals surface area contributed by atoms with Crippen LogP contribution >= 0.6 is 35.0 Å². The number of para-hydroxylation sites is 1. The molecule has 0 aliphatic rings. The molecule has 1 heterocycles. The molecule has 1 amide bonds. The molecule has 1 N–H and O–H groups in total. The number of amides is 1. The number of hydrogen-bond acceptors (Lipinski definition) is 5. The number of benzene rings is 2. The highest BCUT2D eigenvalue weighted by Crippen LogP contribution is 2.30. The van der Waals surface area contributed by atoms with Crippen LogP contribution in [0.3, 0.4) is 0 Å². The van der Waals surface area contributed by atoms with E-state index in [1.54, 1.807) is 18.2 Å². The van der Waals surface area contributed by atoms with Gasteiger partial charge in [-0.2, -0.15) is 0 Å². The van der Waals surface area contributed by atoms with Gasteiger partial charge in [-0.3, -0.25) is 4.79 Å². The molecule has 0 bridgehead atoms. The summed E-state index contributed by atoms with van der Waals surface area (Å²) in [6.45, 7) is 2.49. The second-order valence-corrected chi connectivity index (χ2v) is 7.52. The lowest BCUT2D eigenvalue weighted by Gasteiger charge is -2.10. The molecular weight excluding hydrogens is 419 g/mol. The minimum atomic E-state index is -0.178. The van der Waals surface area contributed by atoms with Gasteiger partial charge in [0, 0.05) is 12.7 Å². The van der Waals surface area contributed by atoms with E-state index in [0.717, 1.165) is 11.3 Å². The summed E-state index contributed by atoms with van der Waals surface area (Å²) in [5, 5.41) is 12.7. The highest BCUT2D eigenvalue weighted by molar-refractivity contribution is 7.99. The van der Waals surface area contributed by atoms with Crippen LogP contribution in [0.1, 0.15) is 6.92 Å². The van der Waals surface area contributed by atoms with Gasteiger partial charge in [-0.15, -0.1) is 10.2 Å². The lowest BCUT2D eigenvalue weighted by molar-refractivity contribution is -0.113. The van der Waals surface area contributed by atoms with E-state index in [1.165, 1.54) is 11.8 Å². The van der Waals surface area contributed by atoms with E-state index in [1.807, 2.05) is 42.8 Å². The number of rotatable bonds is 7. The van der Waals surface area contributed by atoms with Crippen molar-refractivity contribution in [3.05, 3.63) is 52.5 Å². The van der Waals surface area contributed by atoms with Gasteiger partial charge in [-0.1, -0.05) is 47.1 Å². The van der Waals surface area contributed by atoms with Gasteiger partial charge in [-0.25, -0.2) is 0 Å².